The summed E-state index contributed by atoms with van der Waals surface area (Å²) in [7, 11) is 0. The highest BCUT2D eigenvalue weighted by molar-refractivity contribution is 6.36. The van der Waals surface area contributed by atoms with Crippen LogP contribution in [0.3, 0.4) is 0 Å². The van der Waals surface area contributed by atoms with E-state index in [1.807, 2.05) is 0 Å². The van der Waals surface area contributed by atoms with E-state index in [2.05, 4.69) is 164 Å². The second-order valence-electron chi connectivity index (χ2n) is 13.0. The number of rotatable bonds is 2. The lowest BCUT2D eigenvalue weighted by atomic mass is 9.82. The molecule has 0 amide bonds. The lowest BCUT2D eigenvalue weighted by Gasteiger charge is -2.21. The Kier molecular flexibility index (Phi) is 5.17. The Hall–Kier alpha value is -6.31. The summed E-state index contributed by atoms with van der Waals surface area (Å²) in [5.41, 5.74) is 6.00. The van der Waals surface area contributed by atoms with Crippen LogP contribution in [0.5, 0.6) is 0 Å². The van der Waals surface area contributed by atoms with Crippen molar-refractivity contribution < 1.29 is 0 Å². The number of hydrogen-bond acceptors (Lipinski definition) is 1. The van der Waals surface area contributed by atoms with Crippen LogP contribution in [0.15, 0.2) is 164 Å². The van der Waals surface area contributed by atoms with Gasteiger partial charge >= 0.3 is 0 Å². The summed E-state index contributed by atoms with van der Waals surface area (Å²) >= 11 is 0. The summed E-state index contributed by atoms with van der Waals surface area (Å²) in [6.07, 6.45) is 2.12. The summed E-state index contributed by atoms with van der Waals surface area (Å²) in [6, 6.07) is 58.0. The van der Waals surface area contributed by atoms with Crippen molar-refractivity contribution in [1.29, 1.82) is 0 Å². The molecule has 1 nitrogen and oxygen atoms in total. The van der Waals surface area contributed by atoms with E-state index in [9.17, 15) is 0 Å². The van der Waals surface area contributed by atoms with Gasteiger partial charge < -0.3 is 0 Å². The van der Waals surface area contributed by atoms with Gasteiger partial charge in [0.05, 0.1) is 5.52 Å². The van der Waals surface area contributed by atoms with Crippen LogP contribution in [0, 0.1) is 0 Å². The van der Waals surface area contributed by atoms with Crippen LogP contribution in [-0.2, 0) is 0 Å². The summed E-state index contributed by atoms with van der Waals surface area (Å²) in [5, 5.41) is 19.1. The van der Waals surface area contributed by atoms with Crippen molar-refractivity contribution in [3.8, 4) is 22.3 Å². The fraction of sp³-hybridized carbons (Fsp3) is 0. The van der Waals surface area contributed by atoms with Crippen LogP contribution in [0.4, 0.5) is 0 Å². The van der Waals surface area contributed by atoms with Crippen LogP contribution in [0.2, 0.25) is 0 Å². The standard InChI is InChI=1S/C47H27N/c1-2-15-30-28(11-1)12-7-19-31(30)46-37-17-4-3-16-34(37)45(41-27-48-42-24-6-5-18-40(42)47(41)46)39-26-25-38-33-21-9-14-29-13-8-20-32(43(29)33)35-22-10-23-36(39)44(35)38/h1-27H. The maximum Gasteiger partial charge on any atom is 0.0708 e. The molecule has 0 saturated heterocycles. The lowest BCUT2D eigenvalue weighted by Crippen LogP contribution is -1.95. The molecule has 11 aromatic rings. The number of aromatic nitrogens is 1. The monoisotopic (exact) mass is 605 g/mol. The van der Waals surface area contributed by atoms with Crippen molar-refractivity contribution in [2.45, 2.75) is 0 Å². The van der Waals surface area contributed by atoms with Crippen molar-refractivity contribution in [3.05, 3.63) is 164 Å². The molecule has 0 bridgehead atoms. The Labute approximate surface area is 276 Å². The zero-order valence-electron chi connectivity index (χ0n) is 26.0. The number of pyridine rings is 1. The highest BCUT2D eigenvalue weighted by Crippen LogP contribution is 2.50. The molecule has 0 radical (unpaired) electrons. The van der Waals surface area contributed by atoms with Crippen molar-refractivity contribution in [2.75, 3.05) is 0 Å². The lowest BCUT2D eigenvalue weighted by molar-refractivity contribution is 1.45. The average Bonchev–Trinajstić information content (AvgIpc) is 3.15. The first-order valence-corrected chi connectivity index (χ1v) is 16.6. The van der Waals surface area contributed by atoms with Gasteiger partial charge in [-0.15, -0.1) is 0 Å². The Morgan fingerprint density at radius 3 is 1.60 bits per heavy atom. The third-order valence-corrected chi connectivity index (χ3v) is 10.6. The maximum absolute atomic E-state index is 5.10. The summed E-state index contributed by atoms with van der Waals surface area (Å²) in [4.78, 5) is 5.10. The number of hydrogen-bond donors (Lipinski definition) is 0. The molecular weight excluding hydrogens is 579 g/mol. The molecular formula is C47H27N. The third kappa shape index (κ3) is 3.37. The van der Waals surface area contributed by atoms with Gasteiger partial charge in [0, 0.05) is 22.4 Å². The van der Waals surface area contributed by atoms with E-state index in [4.69, 9.17) is 4.98 Å². The number of fused-ring (bicyclic) bond motifs is 7. The topological polar surface area (TPSA) is 12.9 Å². The molecule has 0 aliphatic rings. The summed E-state index contributed by atoms with van der Waals surface area (Å²) in [6.45, 7) is 0. The van der Waals surface area contributed by atoms with E-state index in [0.717, 1.165) is 5.52 Å². The second kappa shape index (κ2) is 9.61. The molecule has 11 rings (SSSR count). The van der Waals surface area contributed by atoms with Crippen LogP contribution < -0.4 is 0 Å². The highest BCUT2D eigenvalue weighted by atomic mass is 14.7. The van der Waals surface area contributed by atoms with Crippen LogP contribution in [0.25, 0.3) is 109 Å². The Bertz CT molecular complexity index is 3060. The first-order chi connectivity index (χ1) is 23.8. The number of para-hydroxylation sites is 1. The molecule has 0 saturated carbocycles. The van der Waals surface area contributed by atoms with Gasteiger partial charge in [-0.1, -0.05) is 152 Å². The van der Waals surface area contributed by atoms with Gasteiger partial charge in [-0.25, -0.2) is 0 Å². The minimum atomic E-state index is 1.01. The number of nitrogens with zero attached hydrogens (tertiary/aromatic N) is 1. The zero-order chi connectivity index (χ0) is 31.3. The van der Waals surface area contributed by atoms with E-state index < -0.39 is 0 Å². The Morgan fingerprint density at radius 1 is 0.271 bits per heavy atom. The molecule has 1 heteroatoms. The Balaban J connectivity index is 1.37. The smallest absolute Gasteiger partial charge is 0.0708 e. The van der Waals surface area contributed by atoms with E-state index in [0.29, 0.717) is 0 Å². The van der Waals surface area contributed by atoms with Gasteiger partial charge in [0.15, 0.2) is 0 Å². The average molecular weight is 606 g/mol. The molecule has 0 atom stereocenters. The first kappa shape index (κ1) is 25.8. The quantitative estimate of drug-likeness (QED) is 0.141. The minimum Gasteiger partial charge on any atom is -0.256 e. The van der Waals surface area contributed by atoms with Crippen LogP contribution in [-0.4, -0.2) is 4.98 Å². The SMILES string of the molecule is c1ccc2c(-c3c4ccccc4c(-c4ccc5c6cccc7cccc(c8cccc4c85)c76)c4cnc5ccccc5c34)cccc2c1. The van der Waals surface area contributed by atoms with E-state index in [-0.39, 0.29) is 0 Å². The van der Waals surface area contributed by atoms with Crippen molar-refractivity contribution in [2.24, 2.45) is 0 Å². The predicted molar refractivity (Wildman–Crippen MR) is 206 cm³/mol. The molecule has 1 heterocycles. The molecule has 0 N–H and O–H groups in total. The molecule has 0 spiro atoms. The summed E-state index contributed by atoms with van der Waals surface area (Å²) in [5.74, 6) is 0. The van der Waals surface area contributed by atoms with E-state index in [1.165, 1.54) is 103 Å². The third-order valence-electron chi connectivity index (χ3n) is 10.6. The highest BCUT2D eigenvalue weighted by Gasteiger charge is 2.22. The van der Waals surface area contributed by atoms with Gasteiger partial charge in [-0.2, -0.15) is 0 Å². The molecule has 1 aromatic heterocycles. The molecule has 0 aliphatic carbocycles. The normalized spacial score (nSPS) is 12.2. The van der Waals surface area contributed by atoms with Gasteiger partial charge in [-0.3, -0.25) is 4.98 Å². The van der Waals surface area contributed by atoms with Gasteiger partial charge in [-0.05, 0) is 93.0 Å². The Morgan fingerprint density at radius 2 is 0.792 bits per heavy atom. The minimum absolute atomic E-state index is 1.01. The second-order valence-corrected chi connectivity index (χ2v) is 13.0. The van der Waals surface area contributed by atoms with Crippen LogP contribution in [0.1, 0.15) is 0 Å². The van der Waals surface area contributed by atoms with Crippen molar-refractivity contribution >= 4 is 86.3 Å². The van der Waals surface area contributed by atoms with Gasteiger partial charge in [0.25, 0.3) is 0 Å². The van der Waals surface area contributed by atoms with Gasteiger partial charge in [0.1, 0.15) is 0 Å². The van der Waals surface area contributed by atoms with Crippen molar-refractivity contribution in [1.82, 2.24) is 4.98 Å². The molecule has 0 unspecified atom stereocenters. The van der Waals surface area contributed by atoms with E-state index >= 15 is 0 Å². The largest absolute Gasteiger partial charge is 0.256 e. The molecule has 10 aromatic carbocycles. The molecule has 0 aliphatic heterocycles. The van der Waals surface area contributed by atoms with E-state index in [1.54, 1.807) is 0 Å². The fourth-order valence-electron chi connectivity index (χ4n) is 8.68. The zero-order valence-corrected chi connectivity index (χ0v) is 26.0. The number of benzene rings is 10. The molecule has 48 heavy (non-hydrogen) atoms. The predicted octanol–water partition coefficient (Wildman–Crippen LogP) is 13.1. The van der Waals surface area contributed by atoms with Crippen LogP contribution >= 0.6 is 0 Å². The summed E-state index contributed by atoms with van der Waals surface area (Å²) < 4.78 is 0. The maximum atomic E-state index is 5.10. The van der Waals surface area contributed by atoms with Crippen molar-refractivity contribution in [3.63, 3.8) is 0 Å². The molecule has 0 fully saturated rings. The first-order valence-electron chi connectivity index (χ1n) is 16.6. The molecule has 220 valence electrons. The fourth-order valence-corrected chi connectivity index (χ4v) is 8.68. The van der Waals surface area contributed by atoms with Gasteiger partial charge in [0.2, 0.25) is 0 Å².